The van der Waals surface area contributed by atoms with Crippen molar-refractivity contribution in [3.63, 3.8) is 0 Å². The van der Waals surface area contributed by atoms with E-state index in [9.17, 15) is 24.7 Å². The maximum Gasteiger partial charge on any atom is 0.294 e. The van der Waals surface area contributed by atoms with Crippen LogP contribution < -0.4 is 16.6 Å². The Hall–Kier alpha value is -3.81. The number of nitrogens with one attached hydrogen (secondary N) is 1. The number of fused-ring (bicyclic) bond motifs is 1. The van der Waals surface area contributed by atoms with E-state index < -0.39 is 28.8 Å². The average molecular weight is 339 g/mol. The molecule has 0 aliphatic rings. The first kappa shape index (κ1) is 16.1. The third-order valence-electron chi connectivity index (χ3n) is 3.68. The number of hydrogen-bond acceptors (Lipinski definition) is 5. The molecule has 0 atom stereocenters. The lowest BCUT2D eigenvalue weighted by Crippen LogP contribution is -2.23. The summed E-state index contributed by atoms with van der Waals surface area (Å²) < 4.78 is -0.0643. The number of benzene rings is 2. The summed E-state index contributed by atoms with van der Waals surface area (Å²) in [5.74, 6) is -2.34. The number of aromatic nitrogens is 1. The van der Waals surface area contributed by atoms with E-state index in [0.717, 1.165) is 0 Å². The normalized spacial score (nSPS) is 10.6. The van der Waals surface area contributed by atoms with Crippen molar-refractivity contribution in [2.24, 2.45) is 5.73 Å². The van der Waals surface area contributed by atoms with Gasteiger partial charge in [-0.2, -0.15) is 0 Å². The number of anilines is 1. The maximum absolute atomic E-state index is 12.2. The molecule has 3 rings (SSSR count). The Kier molecular flexibility index (Phi) is 3.86. The van der Waals surface area contributed by atoms with E-state index in [4.69, 9.17) is 5.73 Å². The van der Waals surface area contributed by atoms with Gasteiger partial charge in [0, 0.05) is 16.6 Å². The molecule has 0 unspecified atom stereocenters. The molecule has 1 heterocycles. The Morgan fingerprint density at radius 3 is 2.36 bits per heavy atom. The Morgan fingerprint density at radius 2 is 1.72 bits per heavy atom. The van der Waals surface area contributed by atoms with Gasteiger partial charge in [0.25, 0.3) is 17.4 Å². The summed E-state index contributed by atoms with van der Waals surface area (Å²) in [5, 5.41) is 22.0. The Labute approximate surface area is 140 Å². The van der Waals surface area contributed by atoms with Crippen LogP contribution in [0.1, 0.15) is 20.7 Å². The zero-order valence-electron chi connectivity index (χ0n) is 12.8. The van der Waals surface area contributed by atoms with Crippen molar-refractivity contribution in [2.75, 3.05) is 5.32 Å². The molecule has 1 aromatic heterocycles. The van der Waals surface area contributed by atoms with Crippen molar-refractivity contribution in [1.29, 1.82) is 0 Å². The van der Waals surface area contributed by atoms with E-state index in [1.165, 1.54) is 18.2 Å². The minimum atomic E-state index is -1.01. The molecule has 0 aliphatic carbocycles. The minimum absolute atomic E-state index is 0.0643. The molecule has 0 fully saturated rings. The number of amides is 2. The first-order chi connectivity index (χ1) is 11.9. The standard InChI is InChI=1S/C17H13N3O5/c18-14(21)13-11-7-6-10(8-12(11)16(23)20(25)17(13)24)19-15(22)9-4-2-1-3-5-9/h1-8,24-25H,(H2,18,21)(H,19,22). The van der Waals surface area contributed by atoms with Gasteiger partial charge in [-0.3, -0.25) is 14.4 Å². The second-order valence-corrected chi connectivity index (χ2v) is 5.26. The predicted molar refractivity (Wildman–Crippen MR) is 90.0 cm³/mol. The quantitative estimate of drug-likeness (QED) is 0.533. The smallest absolute Gasteiger partial charge is 0.294 e. The highest BCUT2D eigenvalue weighted by Crippen LogP contribution is 2.26. The largest absolute Gasteiger partial charge is 0.492 e. The summed E-state index contributed by atoms with van der Waals surface area (Å²) in [6, 6.07) is 12.5. The van der Waals surface area contributed by atoms with Gasteiger partial charge in [-0.05, 0) is 24.3 Å². The van der Waals surface area contributed by atoms with Gasteiger partial charge in [0.2, 0.25) is 5.88 Å². The van der Waals surface area contributed by atoms with E-state index in [0.29, 0.717) is 5.56 Å². The SMILES string of the molecule is NC(=O)c1c(O)n(O)c(=O)c2cc(NC(=O)c3ccccc3)ccc12. The Balaban J connectivity index is 2.10. The van der Waals surface area contributed by atoms with Crippen LogP contribution in [-0.4, -0.2) is 26.9 Å². The number of aromatic hydroxyl groups is 1. The van der Waals surface area contributed by atoms with Gasteiger partial charge < -0.3 is 21.4 Å². The first-order valence-corrected chi connectivity index (χ1v) is 7.17. The second kappa shape index (κ2) is 6.00. The number of hydrogen-bond donors (Lipinski definition) is 4. The highest BCUT2D eigenvalue weighted by Gasteiger charge is 2.20. The van der Waals surface area contributed by atoms with Crippen molar-refractivity contribution in [3.8, 4) is 5.88 Å². The lowest BCUT2D eigenvalue weighted by atomic mass is 10.1. The molecule has 8 heteroatoms. The molecule has 8 nitrogen and oxygen atoms in total. The van der Waals surface area contributed by atoms with E-state index in [-0.39, 0.29) is 21.2 Å². The molecular formula is C17H13N3O5. The van der Waals surface area contributed by atoms with Gasteiger partial charge in [-0.25, -0.2) is 0 Å². The zero-order chi connectivity index (χ0) is 18.1. The van der Waals surface area contributed by atoms with E-state index in [1.54, 1.807) is 30.3 Å². The molecule has 0 spiro atoms. The number of carbonyl (C=O) groups excluding carboxylic acids is 2. The van der Waals surface area contributed by atoms with Crippen LogP contribution in [-0.2, 0) is 0 Å². The van der Waals surface area contributed by atoms with Crippen LogP contribution >= 0.6 is 0 Å². The number of rotatable bonds is 3. The molecule has 0 saturated heterocycles. The molecule has 0 bridgehead atoms. The second-order valence-electron chi connectivity index (χ2n) is 5.26. The number of primary amides is 1. The number of nitrogens with zero attached hydrogens (tertiary/aromatic N) is 1. The van der Waals surface area contributed by atoms with Crippen LogP contribution in [0.15, 0.2) is 53.3 Å². The van der Waals surface area contributed by atoms with Crippen LogP contribution in [0.4, 0.5) is 5.69 Å². The third-order valence-corrected chi connectivity index (χ3v) is 3.68. The van der Waals surface area contributed by atoms with E-state index >= 15 is 0 Å². The van der Waals surface area contributed by atoms with Gasteiger partial charge in [-0.1, -0.05) is 24.3 Å². The lowest BCUT2D eigenvalue weighted by molar-refractivity contribution is 0.0981. The monoisotopic (exact) mass is 339 g/mol. The summed E-state index contributed by atoms with van der Waals surface area (Å²) in [7, 11) is 0. The average Bonchev–Trinajstić information content (AvgIpc) is 2.61. The summed E-state index contributed by atoms with van der Waals surface area (Å²) >= 11 is 0. The van der Waals surface area contributed by atoms with E-state index in [2.05, 4.69) is 5.32 Å². The zero-order valence-corrected chi connectivity index (χ0v) is 12.8. The first-order valence-electron chi connectivity index (χ1n) is 7.17. The molecular weight excluding hydrogens is 326 g/mol. The van der Waals surface area contributed by atoms with Gasteiger partial charge in [0.15, 0.2) is 0 Å². The summed E-state index contributed by atoms with van der Waals surface area (Å²) in [4.78, 5) is 35.8. The van der Waals surface area contributed by atoms with Gasteiger partial charge in [0.1, 0.15) is 5.56 Å². The highest BCUT2D eigenvalue weighted by molar-refractivity contribution is 6.10. The summed E-state index contributed by atoms with van der Waals surface area (Å²) in [5.41, 5.74) is 4.56. The van der Waals surface area contributed by atoms with Crippen LogP contribution in [0, 0.1) is 0 Å². The van der Waals surface area contributed by atoms with Crippen molar-refractivity contribution in [3.05, 3.63) is 70.0 Å². The summed E-state index contributed by atoms with van der Waals surface area (Å²) in [6.45, 7) is 0. The van der Waals surface area contributed by atoms with Gasteiger partial charge >= 0.3 is 0 Å². The fourth-order valence-corrected chi connectivity index (χ4v) is 2.49. The van der Waals surface area contributed by atoms with Crippen LogP contribution in [0.5, 0.6) is 5.88 Å². The Morgan fingerprint density at radius 1 is 1.04 bits per heavy atom. The lowest BCUT2D eigenvalue weighted by Gasteiger charge is -2.11. The third kappa shape index (κ3) is 2.76. The minimum Gasteiger partial charge on any atom is -0.492 e. The maximum atomic E-state index is 12.2. The molecule has 126 valence electrons. The molecule has 5 N–H and O–H groups in total. The van der Waals surface area contributed by atoms with Crippen LogP contribution in [0.25, 0.3) is 10.8 Å². The van der Waals surface area contributed by atoms with Gasteiger partial charge in [-0.15, -0.1) is 4.73 Å². The van der Waals surface area contributed by atoms with Crippen molar-refractivity contribution in [1.82, 2.24) is 4.73 Å². The molecule has 0 saturated carbocycles. The van der Waals surface area contributed by atoms with Crippen molar-refractivity contribution >= 4 is 28.3 Å². The van der Waals surface area contributed by atoms with Gasteiger partial charge in [0.05, 0.1) is 5.39 Å². The Bertz CT molecular complexity index is 1060. The molecule has 2 amide bonds. The molecule has 0 radical (unpaired) electrons. The number of nitrogens with two attached hydrogens (primary N) is 1. The van der Waals surface area contributed by atoms with Crippen LogP contribution in [0.3, 0.4) is 0 Å². The van der Waals surface area contributed by atoms with Crippen molar-refractivity contribution in [2.45, 2.75) is 0 Å². The fraction of sp³-hybridized carbons (Fsp3) is 0. The highest BCUT2D eigenvalue weighted by atomic mass is 16.5. The molecule has 3 aromatic rings. The fourth-order valence-electron chi connectivity index (χ4n) is 2.49. The topological polar surface area (TPSA) is 135 Å². The predicted octanol–water partition coefficient (Wildman–Crippen LogP) is 1.30. The molecule has 2 aromatic carbocycles. The number of carbonyl (C=O) groups is 2. The number of pyridine rings is 1. The van der Waals surface area contributed by atoms with Crippen molar-refractivity contribution < 1.29 is 19.9 Å². The summed E-state index contributed by atoms with van der Waals surface area (Å²) in [6.07, 6.45) is 0. The van der Waals surface area contributed by atoms with E-state index in [1.807, 2.05) is 0 Å². The molecule has 0 aliphatic heterocycles. The van der Waals surface area contributed by atoms with Crippen LogP contribution in [0.2, 0.25) is 0 Å². The molecule has 25 heavy (non-hydrogen) atoms.